The molecule has 1 aromatic heterocycles. The molecular weight excluding hydrogens is 208 g/mol. The number of rotatable bonds is 2. The van der Waals surface area contributed by atoms with E-state index in [2.05, 4.69) is 9.97 Å². The summed E-state index contributed by atoms with van der Waals surface area (Å²) in [6.07, 6.45) is 4.40. The smallest absolute Gasteiger partial charge is 0.222 e. The summed E-state index contributed by atoms with van der Waals surface area (Å²) in [5.41, 5.74) is 0.586. The molecule has 0 saturated carbocycles. The molecule has 0 bridgehead atoms. The van der Waals surface area contributed by atoms with E-state index in [-0.39, 0.29) is 35.0 Å². The maximum absolute atomic E-state index is 7.76. The number of benzene rings is 1. The van der Waals surface area contributed by atoms with Crippen LogP contribution in [0.2, 0.25) is 5.28 Å². The van der Waals surface area contributed by atoms with Crippen LogP contribution in [0.5, 0.6) is 0 Å². The van der Waals surface area contributed by atoms with Crippen molar-refractivity contribution in [2.24, 2.45) is 0 Å². The molecule has 0 aliphatic heterocycles. The van der Waals surface area contributed by atoms with Gasteiger partial charge in [-0.25, -0.2) is 9.97 Å². The van der Waals surface area contributed by atoms with Crippen molar-refractivity contribution < 1.29 is 6.85 Å². The van der Waals surface area contributed by atoms with Gasteiger partial charge in [-0.3, -0.25) is 0 Å². The molecule has 0 fully saturated rings. The molecule has 0 atom stereocenters. The van der Waals surface area contributed by atoms with Crippen molar-refractivity contribution in [1.29, 1.82) is 0 Å². The second-order valence-electron chi connectivity index (χ2n) is 2.62. The van der Waals surface area contributed by atoms with Gasteiger partial charge in [0.15, 0.2) is 0 Å². The van der Waals surface area contributed by atoms with E-state index in [1.165, 1.54) is 18.3 Å². The van der Waals surface area contributed by atoms with E-state index in [9.17, 15) is 0 Å². The van der Waals surface area contributed by atoms with Gasteiger partial charge >= 0.3 is 0 Å². The van der Waals surface area contributed by atoms with Crippen LogP contribution >= 0.6 is 11.6 Å². The van der Waals surface area contributed by atoms with E-state index in [4.69, 9.17) is 18.5 Å². The highest BCUT2D eigenvalue weighted by atomic mass is 35.5. The third-order valence-electron chi connectivity index (χ3n) is 1.59. The summed E-state index contributed by atoms with van der Waals surface area (Å²) >= 11 is 5.65. The summed E-state index contributed by atoms with van der Waals surface area (Å²) in [5.74, 6) is 0. The molecule has 0 spiro atoms. The lowest BCUT2D eigenvalue weighted by atomic mass is 10.2. The van der Waals surface area contributed by atoms with Crippen LogP contribution in [0.1, 0.15) is 18.1 Å². The van der Waals surface area contributed by atoms with Crippen LogP contribution in [0.25, 0.3) is 12.2 Å². The number of hydrogen-bond donors (Lipinski definition) is 0. The van der Waals surface area contributed by atoms with Crippen LogP contribution in [-0.2, 0) is 0 Å². The quantitative estimate of drug-likeness (QED) is 0.728. The largest absolute Gasteiger partial charge is 0.226 e. The molecule has 0 aliphatic rings. The van der Waals surface area contributed by atoms with Gasteiger partial charge in [-0.1, -0.05) is 36.3 Å². The van der Waals surface area contributed by atoms with Gasteiger partial charge in [0.2, 0.25) is 5.28 Å². The Morgan fingerprint density at radius 3 is 2.73 bits per heavy atom. The number of nitrogens with zero attached hydrogens (tertiary/aromatic N) is 2. The lowest BCUT2D eigenvalue weighted by Gasteiger charge is -1.93. The fourth-order valence-corrected chi connectivity index (χ4v) is 1.11. The second kappa shape index (κ2) is 4.71. The molecule has 0 amide bonds. The molecule has 2 rings (SSSR count). The van der Waals surface area contributed by atoms with Gasteiger partial charge in [-0.05, 0) is 29.3 Å². The summed E-state index contributed by atoms with van der Waals surface area (Å²) < 4.78 is 38.2. The topological polar surface area (TPSA) is 25.8 Å². The summed E-state index contributed by atoms with van der Waals surface area (Å²) in [4.78, 5) is 7.66. The Morgan fingerprint density at radius 1 is 1.20 bits per heavy atom. The summed E-state index contributed by atoms with van der Waals surface area (Å²) in [6.45, 7) is 0. The Morgan fingerprint density at radius 2 is 2.00 bits per heavy atom. The highest BCUT2D eigenvalue weighted by Crippen LogP contribution is 2.07. The second-order valence-corrected chi connectivity index (χ2v) is 2.96. The van der Waals surface area contributed by atoms with E-state index in [0.717, 1.165) is 0 Å². The fraction of sp³-hybridized carbons (Fsp3) is 0. The van der Waals surface area contributed by atoms with Crippen molar-refractivity contribution in [2.45, 2.75) is 0 Å². The highest BCUT2D eigenvalue weighted by molar-refractivity contribution is 6.28. The molecule has 0 aliphatic carbocycles. The van der Waals surface area contributed by atoms with Crippen molar-refractivity contribution in [1.82, 2.24) is 9.97 Å². The standard InChI is InChI=1S/C12H9ClN2/c13-12-14-9-8-11(15-12)7-6-10-4-2-1-3-5-10/h1-9H/b7-6+/i1D,2D,3D,4D,5D. The van der Waals surface area contributed by atoms with Gasteiger partial charge in [-0.15, -0.1) is 0 Å². The Bertz CT molecular complexity index is 673. The maximum atomic E-state index is 7.76. The summed E-state index contributed by atoms with van der Waals surface area (Å²) in [7, 11) is 0. The number of halogens is 1. The Kier molecular flexibility index (Phi) is 1.70. The zero-order valence-corrected chi connectivity index (χ0v) is 8.34. The summed E-state index contributed by atoms with van der Waals surface area (Å²) in [5, 5.41) is 0.0770. The Labute approximate surface area is 100 Å². The SMILES string of the molecule is [2H]c1c([2H])c([2H])c(/C=C/c2ccnc(Cl)n2)c([2H])c1[2H]. The number of aromatic nitrogens is 2. The molecule has 0 radical (unpaired) electrons. The minimum atomic E-state index is -0.415. The molecule has 1 aromatic carbocycles. The first-order chi connectivity index (χ1) is 9.41. The fourth-order valence-electron chi connectivity index (χ4n) is 0.952. The van der Waals surface area contributed by atoms with Gasteiger partial charge in [0.1, 0.15) is 0 Å². The van der Waals surface area contributed by atoms with E-state index < -0.39 is 6.04 Å². The van der Waals surface area contributed by atoms with Crippen LogP contribution in [0.3, 0.4) is 0 Å². The van der Waals surface area contributed by atoms with Gasteiger partial charge in [0.05, 0.1) is 12.5 Å². The third kappa shape index (κ3) is 2.89. The third-order valence-corrected chi connectivity index (χ3v) is 1.77. The average Bonchev–Trinajstić information content (AvgIpc) is 2.43. The molecule has 3 heteroatoms. The molecule has 1 heterocycles. The Hall–Kier alpha value is -1.67. The highest BCUT2D eigenvalue weighted by Gasteiger charge is 1.91. The molecular formula is C12H9ClN2. The van der Waals surface area contributed by atoms with Crippen LogP contribution < -0.4 is 0 Å². The molecule has 2 nitrogen and oxygen atoms in total. The van der Waals surface area contributed by atoms with Crippen LogP contribution in [0, 0.1) is 0 Å². The normalized spacial score (nSPS) is 15.4. The van der Waals surface area contributed by atoms with Crippen molar-refractivity contribution in [3.05, 3.63) is 59.0 Å². The van der Waals surface area contributed by atoms with E-state index in [0.29, 0.717) is 5.69 Å². The lowest BCUT2D eigenvalue weighted by Crippen LogP contribution is -1.83. The molecule has 0 N–H and O–H groups in total. The minimum Gasteiger partial charge on any atom is -0.226 e. The van der Waals surface area contributed by atoms with Gasteiger partial charge in [-0.2, -0.15) is 0 Å². The monoisotopic (exact) mass is 221 g/mol. The predicted molar refractivity (Wildman–Crippen MR) is 62.4 cm³/mol. The zero-order chi connectivity index (χ0) is 14.9. The van der Waals surface area contributed by atoms with Gasteiger partial charge in [0.25, 0.3) is 0 Å². The van der Waals surface area contributed by atoms with Gasteiger partial charge < -0.3 is 0 Å². The minimum absolute atomic E-state index is 0.0770. The molecule has 15 heavy (non-hydrogen) atoms. The average molecular weight is 222 g/mol. The lowest BCUT2D eigenvalue weighted by molar-refractivity contribution is 1.15. The first-order valence-corrected chi connectivity index (χ1v) is 4.53. The van der Waals surface area contributed by atoms with E-state index >= 15 is 0 Å². The van der Waals surface area contributed by atoms with E-state index in [1.54, 1.807) is 6.07 Å². The molecule has 0 saturated heterocycles. The van der Waals surface area contributed by atoms with Crippen LogP contribution in [0.15, 0.2) is 42.5 Å². The van der Waals surface area contributed by atoms with Crippen molar-refractivity contribution in [3.8, 4) is 0 Å². The maximum Gasteiger partial charge on any atom is 0.222 e. The van der Waals surface area contributed by atoms with Crippen molar-refractivity contribution >= 4 is 23.8 Å². The predicted octanol–water partition coefficient (Wildman–Crippen LogP) is 3.30. The molecule has 74 valence electrons. The Balaban J connectivity index is 2.49. The first kappa shape index (κ1) is 5.42. The first-order valence-electron chi connectivity index (χ1n) is 6.65. The van der Waals surface area contributed by atoms with Crippen molar-refractivity contribution in [2.75, 3.05) is 0 Å². The van der Waals surface area contributed by atoms with E-state index in [1.807, 2.05) is 0 Å². The molecule has 0 unspecified atom stereocenters. The van der Waals surface area contributed by atoms with Crippen molar-refractivity contribution in [3.63, 3.8) is 0 Å². The van der Waals surface area contributed by atoms with Crippen LogP contribution in [-0.4, -0.2) is 9.97 Å². The summed E-state index contributed by atoms with van der Waals surface area (Å²) in [6, 6.07) is -0.0719. The van der Waals surface area contributed by atoms with Crippen LogP contribution in [0.4, 0.5) is 0 Å². The molecule has 2 aromatic rings. The number of hydrogen-bond acceptors (Lipinski definition) is 2. The zero-order valence-electron chi connectivity index (χ0n) is 12.6. The van der Waals surface area contributed by atoms with Gasteiger partial charge in [0, 0.05) is 6.20 Å².